The summed E-state index contributed by atoms with van der Waals surface area (Å²) in [6.07, 6.45) is 22.0. The number of ketones is 6. The Morgan fingerprint density at radius 2 is 0.794 bits per heavy atom. The van der Waals surface area contributed by atoms with Gasteiger partial charge in [-0.15, -0.1) is 0 Å². The van der Waals surface area contributed by atoms with Crippen LogP contribution in [0.3, 0.4) is 0 Å². The molecule has 1 heterocycles. The second-order valence-corrected chi connectivity index (χ2v) is 33.2. The Labute approximate surface area is 740 Å². The molecule has 7 atom stereocenters. The highest BCUT2D eigenvalue weighted by atomic mass is 16.5. The first kappa shape index (κ1) is 115. The Hall–Kier alpha value is -9.33. The van der Waals surface area contributed by atoms with Crippen molar-refractivity contribution >= 4 is 106 Å². The van der Waals surface area contributed by atoms with E-state index in [1.54, 1.807) is 20.0 Å². The average Bonchev–Trinajstić information content (AvgIpc) is 1.06. The van der Waals surface area contributed by atoms with Crippen LogP contribution in [0.1, 0.15) is 315 Å². The molecule has 37 nitrogen and oxygen atoms in total. The zero-order valence-corrected chi connectivity index (χ0v) is 74.7. The third kappa shape index (κ3) is 62.7. The molecule has 0 radical (unpaired) electrons. The van der Waals surface area contributed by atoms with Gasteiger partial charge in [-0.2, -0.15) is 0 Å². The van der Waals surface area contributed by atoms with Crippen LogP contribution >= 0.6 is 0 Å². The minimum absolute atomic E-state index is 0.0201. The molecule has 126 heavy (non-hydrogen) atoms. The van der Waals surface area contributed by atoms with E-state index in [1.807, 2.05) is 0 Å². The van der Waals surface area contributed by atoms with Gasteiger partial charge in [0, 0.05) is 139 Å². The maximum absolute atomic E-state index is 14.0. The van der Waals surface area contributed by atoms with E-state index in [0.717, 1.165) is 103 Å². The number of carboxylic acid groups (broad SMARTS) is 6. The van der Waals surface area contributed by atoms with Gasteiger partial charge >= 0.3 is 35.8 Å². The van der Waals surface area contributed by atoms with Gasteiger partial charge in [0.1, 0.15) is 48.4 Å². The van der Waals surface area contributed by atoms with Gasteiger partial charge in [0.2, 0.25) is 35.4 Å². The molecule has 0 unspecified atom stereocenters. The zero-order chi connectivity index (χ0) is 93.7. The average molecular weight is 1790 g/mol. The molecule has 0 spiro atoms. The molecule has 37 heteroatoms. The van der Waals surface area contributed by atoms with Crippen molar-refractivity contribution in [2.75, 3.05) is 72.5 Å². The van der Waals surface area contributed by atoms with Crippen LogP contribution in [0.4, 0.5) is 0 Å². The number of rotatable bonds is 87. The van der Waals surface area contributed by atoms with E-state index in [1.165, 1.54) is 13.3 Å². The molecule has 0 aliphatic carbocycles. The molecule has 0 aliphatic heterocycles. The normalized spacial score (nSPS) is 13.0. The third-order valence-electron chi connectivity index (χ3n) is 21.7. The van der Waals surface area contributed by atoms with E-state index in [9.17, 15) is 107 Å². The lowest BCUT2D eigenvalue weighted by molar-refractivity contribution is -0.145. The van der Waals surface area contributed by atoms with Crippen molar-refractivity contribution in [3.8, 4) is 0 Å². The number of aromatic amines is 1. The number of Topliss-reactive ketones (excluding diaryl/α,β-unsaturated/α-hetero) is 6. The van der Waals surface area contributed by atoms with Gasteiger partial charge in [0.25, 0.3) is 0 Å². The van der Waals surface area contributed by atoms with Gasteiger partial charge in [0.15, 0.2) is 11.6 Å². The molecule has 1 aromatic rings. The Bertz CT molecular complexity index is 3430. The number of unbranched alkanes of at least 4 members (excludes halogenated alkanes) is 20. The Morgan fingerprint density at radius 1 is 0.381 bits per heavy atom. The number of aliphatic carboxylic acids is 6. The topological polar surface area (TPSA) is 592 Å². The number of aromatic nitrogens is 2. The molecule has 6 amide bonds. The lowest BCUT2D eigenvalue weighted by Gasteiger charge is -2.26. The maximum Gasteiger partial charge on any atom is 0.326 e. The van der Waals surface area contributed by atoms with Gasteiger partial charge in [-0.1, -0.05) is 123 Å². The summed E-state index contributed by atoms with van der Waals surface area (Å²) in [5.41, 5.74) is 5.73. The molecule has 716 valence electrons. The number of H-pyrrole nitrogens is 1. The van der Waals surface area contributed by atoms with Crippen molar-refractivity contribution in [2.24, 2.45) is 28.9 Å². The standard InChI is InChI=1S/C89H147N9O28/c1-63(99)72(32-25-27-47-93-81(109)60-125-53-51-123-49-28-31-68(100)39-41-73(87(119)120)97-79(107)45-38-66(86(117)118)55-69(101)30-20-16-12-8-4-6-10-14-18-22-34-82(110)111)98-84(114)64(36-43-76(104)89(2,3)58-75(103)71(90)57-67-59-91-62-95-67)29-24-26-46-92-80(108)61-126-54-52-124-50-48-94-77(105)44-37-65(85(115)116)56-70(102)40-42-74(88(121)122)96-78(106)33-21-17-13-9-5-7-11-15-19-23-35-83(112)113/h59,62,64-66,71-74H,4-58,60-61,90H2,1-3H3,(H,91,95)(H,92,108)(H,93,109)(H,94,105)(H,96,106)(H,97,107)(H,98,114)(H,110,111)(H,112,113)(H,115,116)(H,117,118)(H,119,120)(H,121,122)/t64-,65-,66-,71+,72+,73+,74+/m1/s1. The summed E-state index contributed by atoms with van der Waals surface area (Å²) in [5, 5.41) is 72.1. The van der Waals surface area contributed by atoms with Crippen LogP contribution in [-0.4, -0.2) is 243 Å². The Morgan fingerprint density at radius 3 is 1.26 bits per heavy atom. The van der Waals surface area contributed by atoms with Gasteiger partial charge in [-0.05, 0) is 103 Å². The molecule has 0 saturated carbocycles. The number of ether oxygens (including phenoxy) is 4. The summed E-state index contributed by atoms with van der Waals surface area (Å²) in [7, 11) is 0. The number of nitrogens with one attached hydrogen (secondary N) is 7. The molecule has 0 aromatic carbocycles. The van der Waals surface area contributed by atoms with Crippen molar-refractivity contribution in [1.29, 1.82) is 0 Å². The minimum Gasteiger partial charge on any atom is -0.481 e. The van der Waals surface area contributed by atoms with Crippen molar-refractivity contribution < 1.29 is 136 Å². The minimum atomic E-state index is -1.40. The number of amides is 6. The highest BCUT2D eigenvalue weighted by Crippen LogP contribution is 2.29. The Kier molecular flexibility index (Phi) is 65.2. The van der Waals surface area contributed by atoms with E-state index in [-0.39, 0.29) is 230 Å². The summed E-state index contributed by atoms with van der Waals surface area (Å²) >= 11 is 0. The van der Waals surface area contributed by atoms with Crippen LogP contribution in [0.5, 0.6) is 0 Å². The summed E-state index contributed by atoms with van der Waals surface area (Å²) in [6.45, 7) is 4.98. The highest BCUT2D eigenvalue weighted by Gasteiger charge is 2.35. The quantitative estimate of drug-likeness (QED) is 0.0272. The second-order valence-electron chi connectivity index (χ2n) is 33.2. The monoisotopic (exact) mass is 1790 g/mol. The van der Waals surface area contributed by atoms with Crippen molar-refractivity contribution in [3.63, 3.8) is 0 Å². The molecule has 0 bridgehead atoms. The summed E-state index contributed by atoms with van der Waals surface area (Å²) in [5.74, 6) is -14.8. The first-order valence-corrected chi connectivity index (χ1v) is 45.3. The summed E-state index contributed by atoms with van der Waals surface area (Å²) in [4.78, 5) is 231. The van der Waals surface area contributed by atoms with Crippen molar-refractivity contribution in [3.05, 3.63) is 18.2 Å². The number of carboxylic acids is 6. The van der Waals surface area contributed by atoms with E-state index < -0.39 is 131 Å². The van der Waals surface area contributed by atoms with E-state index in [2.05, 4.69) is 41.9 Å². The van der Waals surface area contributed by atoms with Crippen molar-refractivity contribution in [1.82, 2.24) is 41.9 Å². The molecule has 0 aliphatic rings. The Balaban J connectivity index is 2.51. The number of hydrogen-bond acceptors (Lipinski definition) is 24. The van der Waals surface area contributed by atoms with Crippen LogP contribution in [-0.2, 0) is 112 Å². The fourth-order valence-electron chi connectivity index (χ4n) is 13.9. The van der Waals surface area contributed by atoms with E-state index in [4.69, 9.17) is 34.9 Å². The lowest BCUT2D eigenvalue weighted by atomic mass is 9.78. The largest absolute Gasteiger partial charge is 0.481 e. The lowest BCUT2D eigenvalue weighted by Crippen LogP contribution is -2.43. The number of imidazole rings is 1. The van der Waals surface area contributed by atoms with Gasteiger partial charge < -0.3 is 92.2 Å². The highest BCUT2D eigenvalue weighted by molar-refractivity contribution is 5.94. The third-order valence-corrected chi connectivity index (χ3v) is 21.7. The van der Waals surface area contributed by atoms with Crippen LogP contribution in [0, 0.1) is 23.2 Å². The number of carbonyl (C=O) groups is 18. The maximum atomic E-state index is 14.0. The van der Waals surface area contributed by atoms with E-state index in [0.29, 0.717) is 63.5 Å². The molecule has 15 N–H and O–H groups in total. The van der Waals surface area contributed by atoms with Crippen LogP contribution in [0.25, 0.3) is 0 Å². The fraction of sp³-hybridized carbons (Fsp3) is 0.764. The molecule has 0 fully saturated rings. The number of nitrogens with two attached hydrogens (primary N) is 1. The SMILES string of the molecule is CC(=O)[C@H](CCCCNC(=O)COCCOCCCC(=O)CC[C@H](NC(=O)CC[C@H](CC(=O)CCCCCCCCCCCCC(=O)O)C(=O)O)C(=O)O)NC(=O)[C@H](CCCCNC(=O)COCCOCCNC(=O)CC[C@H](CC(=O)CC[C@H](NC(=O)CCCCCCCCCCCCC(=O)O)C(=O)O)C(=O)O)CCC(=O)C(C)(C)CC(=O)[C@@H](N)Cc1cnc[nH]1. The van der Waals surface area contributed by atoms with Crippen LogP contribution in [0.15, 0.2) is 12.5 Å². The van der Waals surface area contributed by atoms with Crippen molar-refractivity contribution in [2.45, 2.75) is 340 Å². The van der Waals surface area contributed by atoms with Gasteiger partial charge in [-0.25, -0.2) is 14.6 Å². The second kappa shape index (κ2) is 71.7. The predicted octanol–water partition coefficient (Wildman–Crippen LogP) is 8.52. The number of carbonyl (C=O) groups excluding carboxylic acids is 12. The van der Waals surface area contributed by atoms with Crippen LogP contribution < -0.4 is 37.6 Å². The van der Waals surface area contributed by atoms with Gasteiger partial charge in [0.05, 0.1) is 63.3 Å². The summed E-state index contributed by atoms with van der Waals surface area (Å²) in [6, 6.07) is -4.51. The predicted molar refractivity (Wildman–Crippen MR) is 462 cm³/mol. The number of nitrogens with zero attached hydrogens (tertiary/aromatic N) is 1. The van der Waals surface area contributed by atoms with Crippen LogP contribution in [0.2, 0.25) is 0 Å². The number of hydrogen-bond donors (Lipinski definition) is 14. The molecular formula is C89H147N9O28. The fourth-order valence-corrected chi connectivity index (χ4v) is 13.9. The van der Waals surface area contributed by atoms with Gasteiger partial charge in [-0.3, -0.25) is 76.7 Å². The smallest absolute Gasteiger partial charge is 0.326 e. The molecule has 1 rings (SSSR count). The molecule has 1 aromatic heterocycles. The zero-order valence-electron chi connectivity index (χ0n) is 74.7. The first-order valence-electron chi connectivity index (χ1n) is 45.3. The van der Waals surface area contributed by atoms with E-state index >= 15 is 0 Å². The first-order chi connectivity index (χ1) is 60.1. The summed E-state index contributed by atoms with van der Waals surface area (Å²) < 4.78 is 21.8. The molecule has 0 saturated heterocycles. The molecular weight excluding hydrogens is 1640 g/mol.